The van der Waals surface area contributed by atoms with Gasteiger partial charge in [0.15, 0.2) is 0 Å². The molecule has 0 saturated heterocycles. The van der Waals surface area contributed by atoms with Gasteiger partial charge in [-0.1, -0.05) is 109 Å². The van der Waals surface area contributed by atoms with Crippen molar-refractivity contribution in [3.63, 3.8) is 0 Å². The van der Waals surface area contributed by atoms with Crippen LogP contribution in [-0.2, 0) is 19.3 Å². The Morgan fingerprint density at radius 2 is 1.25 bits per heavy atom. The molecular formula is C31H28N4O. The van der Waals surface area contributed by atoms with Crippen molar-refractivity contribution in [2.24, 2.45) is 0 Å². The number of aryl methyl sites for hydroxylation is 2. The third-order valence-electron chi connectivity index (χ3n) is 6.15. The maximum Gasteiger partial charge on any atom is 0.291 e. The summed E-state index contributed by atoms with van der Waals surface area (Å²) < 4.78 is 1.78. The first-order valence-corrected chi connectivity index (χ1v) is 12.2. The summed E-state index contributed by atoms with van der Waals surface area (Å²) in [6.07, 6.45) is 2.16. The van der Waals surface area contributed by atoms with E-state index >= 15 is 0 Å². The maximum absolute atomic E-state index is 13.4. The largest absolute Gasteiger partial charge is 0.342 e. The van der Waals surface area contributed by atoms with Gasteiger partial charge in [-0.25, -0.2) is 9.67 Å². The smallest absolute Gasteiger partial charge is 0.291 e. The minimum Gasteiger partial charge on any atom is -0.342 e. The molecule has 1 unspecified atom stereocenters. The molecular weight excluding hydrogens is 444 g/mol. The number of carbonyl (C=O) groups is 1. The molecule has 5 aromatic rings. The zero-order valence-corrected chi connectivity index (χ0v) is 20.0. The van der Waals surface area contributed by atoms with E-state index in [0.29, 0.717) is 12.8 Å². The summed E-state index contributed by atoms with van der Waals surface area (Å²) >= 11 is 0. The van der Waals surface area contributed by atoms with Gasteiger partial charge in [-0.05, 0) is 41.7 Å². The quantitative estimate of drug-likeness (QED) is 0.296. The molecule has 0 fully saturated rings. The predicted molar refractivity (Wildman–Crippen MR) is 142 cm³/mol. The number of para-hydroxylation sites is 1. The van der Waals surface area contributed by atoms with Gasteiger partial charge in [0.2, 0.25) is 5.82 Å². The van der Waals surface area contributed by atoms with E-state index in [1.807, 2.05) is 97.1 Å². The number of hydrogen-bond acceptors (Lipinski definition) is 3. The second-order valence-electron chi connectivity index (χ2n) is 8.71. The number of nitrogens with one attached hydrogen (secondary N) is 1. The van der Waals surface area contributed by atoms with Gasteiger partial charge in [0.1, 0.15) is 5.82 Å². The molecule has 0 bridgehead atoms. The van der Waals surface area contributed by atoms with Crippen LogP contribution in [0.2, 0.25) is 0 Å². The van der Waals surface area contributed by atoms with Crippen LogP contribution >= 0.6 is 0 Å². The number of amides is 1. The van der Waals surface area contributed by atoms with Crippen LogP contribution in [0.1, 0.15) is 39.2 Å². The summed E-state index contributed by atoms with van der Waals surface area (Å²) in [6.45, 7) is 0. The van der Waals surface area contributed by atoms with Crippen LogP contribution in [-0.4, -0.2) is 20.7 Å². The topological polar surface area (TPSA) is 59.8 Å². The molecule has 5 nitrogen and oxygen atoms in total. The van der Waals surface area contributed by atoms with Crippen LogP contribution < -0.4 is 5.32 Å². The van der Waals surface area contributed by atoms with Gasteiger partial charge in [-0.3, -0.25) is 4.79 Å². The summed E-state index contributed by atoms with van der Waals surface area (Å²) in [5.74, 6) is 0.654. The lowest BCUT2D eigenvalue weighted by Gasteiger charge is -2.18. The summed E-state index contributed by atoms with van der Waals surface area (Å²) in [6, 6.07) is 40.1. The van der Waals surface area contributed by atoms with Crippen molar-refractivity contribution in [1.82, 2.24) is 20.1 Å². The van der Waals surface area contributed by atoms with E-state index in [4.69, 9.17) is 4.98 Å². The molecule has 0 aliphatic rings. The monoisotopic (exact) mass is 472 g/mol. The van der Waals surface area contributed by atoms with E-state index in [-0.39, 0.29) is 17.8 Å². The van der Waals surface area contributed by atoms with Crippen LogP contribution in [0, 0.1) is 0 Å². The molecule has 5 rings (SSSR count). The Labute approximate surface area is 211 Å². The fourth-order valence-corrected chi connectivity index (χ4v) is 4.29. The number of benzene rings is 4. The molecule has 1 amide bonds. The van der Waals surface area contributed by atoms with E-state index < -0.39 is 0 Å². The van der Waals surface area contributed by atoms with Gasteiger partial charge >= 0.3 is 0 Å². The second kappa shape index (κ2) is 11.3. The highest BCUT2D eigenvalue weighted by Crippen LogP contribution is 2.20. The van der Waals surface area contributed by atoms with Gasteiger partial charge in [0.05, 0.1) is 11.7 Å². The standard InChI is InChI=1S/C31H28N4O/c36-31(32-28(26-17-9-3-10-18-26)23-25-15-7-2-8-16-25)30-33-29(22-21-24-13-5-1-6-14-24)35(34-30)27-19-11-4-12-20-27/h1-20,28H,21-23H2,(H,32,36). The van der Waals surface area contributed by atoms with E-state index in [0.717, 1.165) is 29.1 Å². The van der Waals surface area contributed by atoms with Gasteiger partial charge in [-0.15, -0.1) is 5.10 Å². The number of rotatable bonds is 9. The lowest BCUT2D eigenvalue weighted by Crippen LogP contribution is -2.31. The molecule has 0 aliphatic carbocycles. The van der Waals surface area contributed by atoms with Crippen LogP contribution in [0.25, 0.3) is 5.69 Å². The van der Waals surface area contributed by atoms with E-state index in [1.165, 1.54) is 5.56 Å². The van der Waals surface area contributed by atoms with Gasteiger partial charge in [0, 0.05) is 6.42 Å². The highest BCUT2D eigenvalue weighted by atomic mass is 16.2. The van der Waals surface area contributed by atoms with Crippen molar-refractivity contribution in [2.45, 2.75) is 25.3 Å². The van der Waals surface area contributed by atoms with Crippen LogP contribution in [0.4, 0.5) is 0 Å². The first kappa shape index (κ1) is 23.2. The van der Waals surface area contributed by atoms with E-state index in [1.54, 1.807) is 4.68 Å². The van der Waals surface area contributed by atoms with E-state index in [9.17, 15) is 4.79 Å². The molecule has 1 heterocycles. The Hall–Kier alpha value is -4.51. The van der Waals surface area contributed by atoms with Crippen LogP contribution in [0.3, 0.4) is 0 Å². The zero-order chi connectivity index (χ0) is 24.6. The number of aromatic nitrogens is 3. The lowest BCUT2D eigenvalue weighted by molar-refractivity contribution is 0.0926. The number of carbonyl (C=O) groups excluding carboxylic acids is 1. The van der Waals surface area contributed by atoms with Crippen LogP contribution in [0.15, 0.2) is 121 Å². The summed E-state index contributed by atoms with van der Waals surface area (Å²) in [4.78, 5) is 18.1. The molecule has 5 heteroatoms. The first-order chi connectivity index (χ1) is 17.8. The van der Waals surface area contributed by atoms with Gasteiger partial charge < -0.3 is 5.32 Å². The molecule has 1 N–H and O–H groups in total. The fourth-order valence-electron chi connectivity index (χ4n) is 4.29. The minimum atomic E-state index is -0.282. The molecule has 0 aliphatic heterocycles. The second-order valence-corrected chi connectivity index (χ2v) is 8.71. The zero-order valence-electron chi connectivity index (χ0n) is 20.0. The molecule has 0 saturated carbocycles. The maximum atomic E-state index is 13.4. The van der Waals surface area contributed by atoms with Crippen molar-refractivity contribution >= 4 is 5.91 Å². The lowest BCUT2D eigenvalue weighted by atomic mass is 9.99. The Bertz CT molecular complexity index is 1380. The normalized spacial score (nSPS) is 11.7. The molecule has 1 atom stereocenters. The van der Waals surface area contributed by atoms with Gasteiger partial charge in [0.25, 0.3) is 5.91 Å². The van der Waals surface area contributed by atoms with E-state index in [2.05, 4.69) is 34.7 Å². The summed E-state index contributed by atoms with van der Waals surface area (Å²) in [7, 11) is 0. The summed E-state index contributed by atoms with van der Waals surface area (Å²) in [5.41, 5.74) is 4.30. The SMILES string of the molecule is O=C(NC(Cc1ccccc1)c1ccccc1)c1nc(CCc2ccccc2)n(-c2ccccc2)n1. The highest BCUT2D eigenvalue weighted by molar-refractivity contribution is 5.90. The van der Waals surface area contributed by atoms with Crippen molar-refractivity contribution in [2.75, 3.05) is 0 Å². The first-order valence-electron chi connectivity index (χ1n) is 12.2. The predicted octanol–water partition coefficient (Wildman–Crippen LogP) is 5.77. The Kier molecular flexibility index (Phi) is 7.28. The Morgan fingerprint density at radius 1 is 0.694 bits per heavy atom. The third-order valence-corrected chi connectivity index (χ3v) is 6.15. The van der Waals surface area contributed by atoms with Crippen molar-refractivity contribution < 1.29 is 4.79 Å². The third kappa shape index (κ3) is 5.76. The molecule has 178 valence electrons. The van der Waals surface area contributed by atoms with Gasteiger partial charge in [-0.2, -0.15) is 0 Å². The van der Waals surface area contributed by atoms with Crippen molar-refractivity contribution in [3.05, 3.63) is 150 Å². The number of nitrogens with zero attached hydrogens (tertiary/aromatic N) is 3. The Balaban J connectivity index is 1.41. The average molecular weight is 473 g/mol. The molecule has 0 spiro atoms. The highest BCUT2D eigenvalue weighted by Gasteiger charge is 2.22. The van der Waals surface area contributed by atoms with Crippen LogP contribution in [0.5, 0.6) is 0 Å². The molecule has 36 heavy (non-hydrogen) atoms. The minimum absolute atomic E-state index is 0.177. The van der Waals surface area contributed by atoms with Crippen molar-refractivity contribution in [1.29, 1.82) is 0 Å². The Morgan fingerprint density at radius 3 is 1.89 bits per heavy atom. The van der Waals surface area contributed by atoms with Crippen molar-refractivity contribution in [3.8, 4) is 5.69 Å². The number of hydrogen-bond donors (Lipinski definition) is 1. The molecule has 4 aromatic carbocycles. The molecule has 0 radical (unpaired) electrons. The fraction of sp³-hybridized carbons (Fsp3) is 0.129. The molecule has 1 aromatic heterocycles. The average Bonchev–Trinajstić information content (AvgIpc) is 3.38. The summed E-state index contributed by atoms with van der Waals surface area (Å²) in [5, 5.41) is 7.83.